The summed E-state index contributed by atoms with van der Waals surface area (Å²) in [5.41, 5.74) is 2.50. The number of thiophene rings is 1. The van der Waals surface area contributed by atoms with Crippen LogP contribution in [0.1, 0.15) is 31.3 Å². The minimum absolute atomic E-state index is 0.0372. The van der Waals surface area contributed by atoms with Gasteiger partial charge in [0.2, 0.25) is 0 Å². The largest absolute Gasteiger partial charge is 0.347 e. The number of benzene rings is 1. The number of carbonyl (C=O) groups excluding carboxylic acids is 2. The van der Waals surface area contributed by atoms with E-state index in [0.29, 0.717) is 17.0 Å². The Labute approximate surface area is 150 Å². The smallest absolute Gasteiger partial charge is 0.261 e. The molecule has 2 amide bonds. The number of carbonyl (C=O) groups is 2. The highest BCUT2D eigenvalue weighted by molar-refractivity contribution is 7.20. The molecule has 0 spiro atoms. The molecule has 0 radical (unpaired) electrons. The molecular formula is C18H20N4O2S. The third-order valence-corrected chi connectivity index (χ3v) is 5.18. The highest BCUT2D eigenvalue weighted by atomic mass is 32.1. The molecule has 1 N–H and O–H groups in total. The second kappa shape index (κ2) is 6.68. The van der Waals surface area contributed by atoms with Crippen molar-refractivity contribution in [3.05, 3.63) is 52.0 Å². The number of hydrogen-bond acceptors (Lipinski definition) is 4. The Bertz CT molecular complexity index is 904. The van der Waals surface area contributed by atoms with Gasteiger partial charge in [-0.2, -0.15) is 5.10 Å². The number of fused-ring (bicyclic) bond motifs is 1. The first-order valence-electron chi connectivity index (χ1n) is 7.88. The number of aryl methyl sites for hydroxylation is 2. The van der Waals surface area contributed by atoms with Crippen molar-refractivity contribution < 1.29 is 9.59 Å². The van der Waals surface area contributed by atoms with Gasteiger partial charge in [0.25, 0.3) is 11.8 Å². The second-order valence-electron chi connectivity index (χ2n) is 6.12. The van der Waals surface area contributed by atoms with Gasteiger partial charge in [-0.1, -0.05) is 12.1 Å². The predicted molar refractivity (Wildman–Crippen MR) is 99.0 cm³/mol. The van der Waals surface area contributed by atoms with Crippen LogP contribution in [0.5, 0.6) is 0 Å². The van der Waals surface area contributed by atoms with Crippen molar-refractivity contribution in [2.75, 3.05) is 14.1 Å². The van der Waals surface area contributed by atoms with Crippen molar-refractivity contribution >= 4 is 33.4 Å². The number of hydrogen-bond donors (Lipinski definition) is 1. The van der Waals surface area contributed by atoms with Crippen molar-refractivity contribution in [1.82, 2.24) is 20.0 Å². The maximum atomic E-state index is 12.4. The maximum absolute atomic E-state index is 12.4. The number of amides is 2. The molecule has 1 aromatic carbocycles. The molecule has 6 nitrogen and oxygen atoms in total. The fourth-order valence-electron chi connectivity index (χ4n) is 2.61. The Morgan fingerprint density at radius 2 is 1.92 bits per heavy atom. The van der Waals surface area contributed by atoms with Gasteiger partial charge in [0, 0.05) is 38.6 Å². The Kier molecular flexibility index (Phi) is 4.59. The Hall–Kier alpha value is -2.67. The van der Waals surface area contributed by atoms with Crippen LogP contribution in [0.3, 0.4) is 0 Å². The van der Waals surface area contributed by atoms with Crippen LogP contribution >= 0.6 is 11.3 Å². The lowest BCUT2D eigenvalue weighted by Gasteiger charge is -2.10. The summed E-state index contributed by atoms with van der Waals surface area (Å²) in [6, 6.07) is 9.15. The van der Waals surface area contributed by atoms with Crippen LogP contribution in [0.15, 0.2) is 30.3 Å². The van der Waals surface area contributed by atoms with Crippen molar-refractivity contribution in [2.24, 2.45) is 7.05 Å². The second-order valence-corrected chi connectivity index (χ2v) is 7.15. The van der Waals surface area contributed by atoms with E-state index in [1.54, 1.807) is 30.9 Å². The quantitative estimate of drug-likeness (QED) is 0.781. The summed E-state index contributed by atoms with van der Waals surface area (Å²) in [6.07, 6.45) is 0. The van der Waals surface area contributed by atoms with Gasteiger partial charge in [0.15, 0.2) is 0 Å². The van der Waals surface area contributed by atoms with Crippen LogP contribution < -0.4 is 5.32 Å². The predicted octanol–water partition coefficient (Wildman–Crippen LogP) is 2.58. The van der Waals surface area contributed by atoms with E-state index in [4.69, 9.17) is 0 Å². The minimum Gasteiger partial charge on any atom is -0.347 e. The summed E-state index contributed by atoms with van der Waals surface area (Å²) in [7, 11) is 5.32. The molecule has 2 aromatic heterocycles. The molecule has 130 valence electrons. The monoisotopic (exact) mass is 356 g/mol. The van der Waals surface area contributed by atoms with Crippen LogP contribution in [-0.2, 0) is 13.6 Å². The molecular weight excluding hydrogens is 336 g/mol. The molecule has 3 rings (SSSR count). The van der Waals surface area contributed by atoms with E-state index in [1.165, 1.54) is 16.2 Å². The zero-order valence-electron chi connectivity index (χ0n) is 14.7. The van der Waals surface area contributed by atoms with E-state index < -0.39 is 0 Å². The fourth-order valence-corrected chi connectivity index (χ4v) is 3.65. The number of nitrogens with one attached hydrogen (secondary N) is 1. The van der Waals surface area contributed by atoms with Crippen molar-refractivity contribution in [2.45, 2.75) is 13.5 Å². The molecule has 0 saturated carbocycles. The first-order valence-corrected chi connectivity index (χ1v) is 8.70. The first-order chi connectivity index (χ1) is 11.9. The summed E-state index contributed by atoms with van der Waals surface area (Å²) in [5, 5.41) is 8.28. The molecule has 0 atom stereocenters. The molecule has 2 heterocycles. The summed E-state index contributed by atoms with van der Waals surface area (Å²) < 4.78 is 1.80. The van der Waals surface area contributed by atoms with Crippen LogP contribution in [0.4, 0.5) is 0 Å². The first kappa shape index (κ1) is 17.2. The van der Waals surface area contributed by atoms with Gasteiger partial charge < -0.3 is 10.2 Å². The zero-order chi connectivity index (χ0) is 18.1. The van der Waals surface area contributed by atoms with Gasteiger partial charge in [0.05, 0.1) is 10.6 Å². The number of aromatic nitrogens is 2. The average molecular weight is 356 g/mol. The number of nitrogens with zero attached hydrogens (tertiary/aromatic N) is 3. The Morgan fingerprint density at radius 3 is 2.52 bits per heavy atom. The van der Waals surface area contributed by atoms with Gasteiger partial charge in [0.1, 0.15) is 4.83 Å². The van der Waals surface area contributed by atoms with E-state index >= 15 is 0 Å². The summed E-state index contributed by atoms with van der Waals surface area (Å²) in [6.45, 7) is 2.36. The van der Waals surface area contributed by atoms with E-state index in [0.717, 1.165) is 21.5 Å². The van der Waals surface area contributed by atoms with Crippen molar-refractivity contribution in [1.29, 1.82) is 0 Å². The van der Waals surface area contributed by atoms with Crippen molar-refractivity contribution in [3.63, 3.8) is 0 Å². The van der Waals surface area contributed by atoms with E-state index in [1.807, 2.05) is 32.2 Å². The van der Waals surface area contributed by atoms with E-state index in [9.17, 15) is 9.59 Å². The van der Waals surface area contributed by atoms with Gasteiger partial charge in [-0.15, -0.1) is 11.3 Å². The molecule has 0 aliphatic heterocycles. The highest BCUT2D eigenvalue weighted by Gasteiger charge is 2.15. The van der Waals surface area contributed by atoms with Gasteiger partial charge in [-0.25, -0.2) is 0 Å². The third kappa shape index (κ3) is 3.41. The lowest BCUT2D eigenvalue weighted by atomic mass is 10.1. The maximum Gasteiger partial charge on any atom is 0.261 e. The lowest BCUT2D eigenvalue weighted by molar-refractivity contribution is 0.0827. The Balaban J connectivity index is 1.67. The summed E-state index contributed by atoms with van der Waals surface area (Å²) >= 11 is 1.44. The molecule has 7 heteroatoms. The van der Waals surface area contributed by atoms with Crippen LogP contribution in [-0.4, -0.2) is 40.6 Å². The topological polar surface area (TPSA) is 67.2 Å². The van der Waals surface area contributed by atoms with E-state index in [2.05, 4.69) is 10.4 Å². The number of rotatable bonds is 4. The molecule has 25 heavy (non-hydrogen) atoms. The molecule has 0 unspecified atom stereocenters. The lowest BCUT2D eigenvalue weighted by Crippen LogP contribution is -2.23. The Morgan fingerprint density at radius 1 is 1.24 bits per heavy atom. The highest BCUT2D eigenvalue weighted by Crippen LogP contribution is 2.27. The van der Waals surface area contributed by atoms with Crippen LogP contribution in [0.25, 0.3) is 10.2 Å². The zero-order valence-corrected chi connectivity index (χ0v) is 15.5. The fraction of sp³-hybridized carbons (Fsp3) is 0.278. The molecule has 0 saturated heterocycles. The molecule has 0 fully saturated rings. The molecule has 3 aromatic rings. The summed E-state index contributed by atoms with van der Waals surface area (Å²) in [5.74, 6) is -0.140. The normalized spacial score (nSPS) is 10.9. The SMILES string of the molecule is Cc1nn(C)c2sc(C(=O)NCc3ccc(C(=O)N(C)C)cc3)cc12. The molecule has 0 bridgehead atoms. The summed E-state index contributed by atoms with van der Waals surface area (Å²) in [4.78, 5) is 27.5. The molecule has 0 aliphatic rings. The average Bonchev–Trinajstić information content (AvgIpc) is 3.14. The third-order valence-electron chi connectivity index (χ3n) is 3.98. The van der Waals surface area contributed by atoms with Crippen LogP contribution in [0, 0.1) is 6.92 Å². The molecule has 0 aliphatic carbocycles. The van der Waals surface area contributed by atoms with Crippen molar-refractivity contribution in [3.8, 4) is 0 Å². The van der Waals surface area contributed by atoms with Gasteiger partial charge in [-0.3, -0.25) is 14.3 Å². The minimum atomic E-state index is -0.103. The van der Waals surface area contributed by atoms with Gasteiger partial charge in [-0.05, 0) is 30.7 Å². The van der Waals surface area contributed by atoms with Gasteiger partial charge >= 0.3 is 0 Å². The standard InChI is InChI=1S/C18H20N4O2S/c1-11-14-9-15(25-18(14)22(4)20-11)16(23)19-10-12-5-7-13(8-6-12)17(24)21(2)3/h5-9H,10H2,1-4H3,(H,19,23). The van der Waals surface area contributed by atoms with E-state index in [-0.39, 0.29) is 11.8 Å². The van der Waals surface area contributed by atoms with Crippen LogP contribution in [0.2, 0.25) is 0 Å².